The monoisotopic (exact) mass is 232 g/mol. The van der Waals surface area contributed by atoms with E-state index in [0.29, 0.717) is 12.0 Å². The van der Waals surface area contributed by atoms with Gasteiger partial charge in [0, 0.05) is 28.5 Å². The Bertz CT molecular complexity index is 519. The maximum atomic E-state index is 11.9. The summed E-state index contributed by atoms with van der Waals surface area (Å²) in [6.07, 6.45) is 2.04. The summed E-state index contributed by atoms with van der Waals surface area (Å²) >= 11 is 1.53. The zero-order valence-corrected chi connectivity index (χ0v) is 10.0. The lowest BCUT2D eigenvalue weighted by Gasteiger charge is -1.99. The number of carbonyl (C=O) groups excluding carboxylic acids is 1. The number of ketones is 1. The van der Waals surface area contributed by atoms with Crippen molar-refractivity contribution in [2.24, 2.45) is 0 Å². The minimum Gasteiger partial charge on any atom is -0.294 e. The zero-order chi connectivity index (χ0) is 11.5. The predicted octanol–water partition coefficient (Wildman–Crippen LogP) is 2.58. The van der Waals surface area contributed by atoms with Crippen LogP contribution in [0.5, 0.6) is 0 Å². The summed E-state index contributed by atoms with van der Waals surface area (Å²) < 4.78 is 0. The molecule has 2 heterocycles. The van der Waals surface area contributed by atoms with Crippen molar-refractivity contribution in [3.05, 3.63) is 45.7 Å². The van der Waals surface area contributed by atoms with Crippen LogP contribution in [-0.4, -0.2) is 15.8 Å². The van der Waals surface area contributed by atoms with E-state index in [1.54, 1.807) is 12.3 Å². The number of aromatic nitrogens is 2. The Morgan fingerprint density at radius 2 is 2.19 bits per heavy atom. The van der Waals surface area contributed by atoms with Gasteiger partial charge in [0.2, 0.25) is 0 Å². The number of Topliss-reactive ketones (excluding diaryl/α,β-unsaturated/α-hetero) is 1. The number of rotatable bonds is 3. The standard InChI is InChI=1S/C12H12N2OS/c1-8-5-10(3-4-13-8)11(15)6-12-14-9(2)7-16-12/h3-5,7H,6H2,1-2H3. The van der Waals surface area contributed by atoms with Gasteiger partial charge in [-0.15, -0.1) is 11.3 Å². The molecule has 16 heavy (non-hydrogen) atoms. The number of carbonyl (C=O) groups is 1. The van der Waals surface area contributed by atoms with Crippen molar-refractivity contribution in [2.45, 2.75) is 20.3 Å². The number of hydrogen-bond acceptors (Lipinski definition) is 4. The minimum atomic E-state index is 0.0971. The fourth-order valence-electron chi connectivity index (χ4n) is 1.44. The molecule has 0 unspecified atom stereocenters. The molecule has 0 saturated heterocycles. The Kier molecular flexibility index (Phi) is 3.10. The topological polar surface area (TPSA) is 42.9 Å². The van der Waals surface area contributed by atoms with Crippen LogP contribution in [0.15, 0.2) is 23.7 Å². The molecule has 0 bridgehead atoms. The quantitative estimate of drug-likeness (QED) is 0.764. The third-order valence-electron chi connectivity index (χ3n) is 2.20. The molecule has 0 N–H and O–H groups in total. The van der Waals surface area contributed by atoms with Gasteiger partial charge in [-0.05, 0) is 26.0 Å². The molecule has 0 aliphatic carbocycles. The van der Waals surface area contributed by atoms with E-state index in [9.17, 15) is 4.79 Å². The first-order valence-electron chi connectivity index (χ1n) is 5.02. The van der Waals surface area contributed by atoms with Crippen LogP contribution in [0.1, 0.15) is 26.8 Å². The molecule has 82 valence electrons. The molecule has 2 aromatic heterocycles. The van der Waals surface area contributed by atoms with E-state index in [-0.39, 0.29) is 5.78 Å². The highest BCUT2D eigenvalue weighted by Gasteiger charge is 2.09. The van der Waals surface area contributed by atoms with E-state index in [1.807, 2.05) is 25.3 Å². The van der Waals surface area contributed by atoms with Crippen molar-refractivity contribution in [1.29, 1.82) is 0 Å². The van der Waals surface area contributed by atoms with Gasteiger partial charge in [0.05, 0.1) is 6.42 Å². The van der Waals surface area contributed by atoms with E-state index >= 15 is 0 Å². The highest BCUT2D eigenvalue weighted by Crippen LogP contribution is 2.12. The number of hydrogen-bond donors (Lipinski definition) is 0. The Hall–Kier alpha value is -1.55. The molecule has 0 radical (unpaired) electrons. The molecule has 0 amide bonds. The van der Waals surface area contributed by atoms with Crippen LogP contribution in [0.2, 0.25) is 0 Å². The lowest BCUT2D eigenvalue weighted by atomic mass is 10.1. The SMILES string of the molecule is Cc1cc(C(=O)Cc2nc(C)cs2)ccn1. The van der Waals surface area contributed by atoms with Crippen molar-refractivity contribution in [3.63, 3.8) is 0 Å². The summed E-state index contributed by atoms with van der Waals surface area (Å²) in [5.74, 6) is 0.0971. The Morgan fingerprint density at radius 3 is 2.81 bits per heavy atom. The van der Waals surface area contributed by atoms with Crippen LogP contribution in [0.25, 0.3) is 0 Å². The second-order valence-corrected chi connectivity index (χ2v) is 4.61. The lowest BCUT2D eigenvalue weighted by Crippen LogP contribution is -2.04. The largest absolute Gasteiger partial charge is 0.294 e. The van der Waals surface area contributed by atoms with E-state index < -0.39 is 0 Å². The normalized spacial score (nSPS) is 10.4. The highest BCUT2D eigenvalue weighted by molar-refractivity contribution is 7.09. The number of pyridine rings is 1. The first kappa shape index (κ1) is 11.0. The van der Waals surface area contributed by atoms with Crippen LogP contribution < -0.4 is 0 Å². The van der Waals surface area contributed by atoms with Crippen LogP contribution in [0.4, 0.5) is 0 Å². The second-order valence-electron chi connectivity index (χ2n) is 3.67. The van der Waals surface area contributed by atoms with Crippen molar-refractivity contribution >= 4 is 17.1 Å². The van der Waals surface area contributed by atoms with Crippen molar-refractivity contribution in [2.75, 3.05) is 0 Å². The summed E-state index contributed by atoms with van der Waals surface area (Å²) in [6, 6.07) is 3.55. The molecule has 0 aromatic carbocycles. The van der Waals surface area contributed by atoms with E-state index in [2.05, 4.69) is 9.97 Å². The van der Waals surface area contributed by atoms with Crippen molar-refractivity contribution in [3.8, 4) is 0 Å². The molecule has 3 nitrogen and oxygen atoms in total. The summed E-state index contributed by atoms with van der Waals surface area (Å²) in [5.41, 5.74) is 2.54. The van der Waals surface area contributed by atoms with Gasteiger partial charge in [0.15, 0.2) is 5.78 Å². The first-order valence-corrected chi connectivity index (χ1v) is 5.90. The van der Waals surface area contributed by atoms with Crippen LogP contribution in [0, 0.1) is 13.8 Å². The van der Waals surface area contributed by atoms with Gasteiger partial charge in [-0.1, -0.05) is 0 Å². The van der Waals surface area contributed by atoms with Crippen LogP contribution in [-0.2, 0) is 6.42 Å². The highest BCUT2D eigenvalue weighted by atomic mass is 32.1. The van der Waals surface area contributed by atoms with Crippen LogP contribution in [0.3, 0.4) is 0 Å². The fraction of sp³-hybridized carbons (Fsp3) is 0.250. The minimum absolute atomic E-state index is 0.0971. The fourth-order valence-corrected chi connectivity index (χ4v) is 2.21. The van der Waals surface area contributed by atoms with E-state index in [0.717, 1.165) is 16.4 Å². The molecule has 0 aliphatic heterocycles. The van der Waals surface area contributed by atoms with Gasteiger partial charge in [0.1, 0.15) is 5.01 Å². The molecule has 0 spiro atoms. The van der Waals surface area contributed by atoms with Crippen molar-refractivity contribution in [1.82, 2.24) is 9.97 Å². The summed E-state index contributed by atoms with van der Waals surface area (Å²) in [7, 11) is 0. The number of thiazole rings is 1. The molecular formula is C12H12N2OS. The van der Waals surface area contributed by atoms with Gasteiger partial charge in [0.25, 0.3) is 0 Å². The summed E-state index contributed by atoms with van der Waals surface area (Å²) in [5, 5.41) is 2.83. The maximum Gasteiger partial charge on any atom is 0.169 e. The summed E-state index contributed by atoms with van der Waals surface area (Å²) in [6.45, 7) is 3.81. The van der Waals surface area contributed by atoms with E-state index in [1.165, 1.54) is 11.3 Å². The zero-order valence-electron chi connectivity index (χ0n) is 9.23. The van der Waals surface area contributed by atoms with E-state index in [4.69, 9.17) is 0 Å². The number of aryl methyl sites for hydroxylation is 2. The smallest absolute Gasteiger partial charge is 0.169 e. The molecule has 0 aliphatic rings. The molecule has 0 saturated carbocycles. The summed E-state index contributed by atoms with van der Waals surface area (Å²) in [4.78, 5) is 20.3. The molecule has 2 aromatic rings. The Labute approximate surface area is 98.2 Å². The van der Waals surface area contributed by atoms with Gasteiger partial charge >= 0.3 is 0 Å². The number of nitrogens with zero attached hydrogens (tertiary/aromatic N) is 2. The second kappa shape index (κ2) is 4.53. The average Bonchev–Trinajstić information content (AvgIpc) is 2.64. The van der Waals surface area contributed by atoms with Gasteiger partial charge < -0.3 is 0 Å². The van der Waals surface area contributed by atoms with Gasteiger partial charge in [-0.3, -0.25) is 9.78 Å². The maximum absolute atomic E-state index is 11.9. The third kappa shape index (κ3) is 2.52. The van der Waals surface area contributed by atoms with Gasteiger partial charge in [-0.2, -0.15) is 0 Å². The molecule has 0 atom stereocenters. The molecule has 2 rings (SSSR count). The molecule has 4 heteroatoms. The third-order valence-corrected chi connectivity index (χ3v) is 3.16. The predicted molar refractivity (Wildman–Crippen MR) is 63.9 cm³/mol. The Balaban J connectivity index is 2.14. The van der Waals surface area contributed by atoms with Gasteiger partial charge in [-0.25, -0.2) is 4.98 Å². The lowest BCUT2D eigenvalue weighted by molar-refractivity contribution is 0.0992. The molecule has 0 fully saturated rings. The van der Waals surface area contributed by atoms with Crippen LogP contribution >= 0.6 is 11.3 Å². The average molecular weight is 232 g/mol. The Morgan fingerprint density at radius 1 is 1.38 bits per heavy atom. The van der Waals surface area contributed by atoms with Crippen molar-refractivity contribution < 1.29 is 4.79 Å². The first-order chi connectivity index (χ1) is 7.65. The molecular weight excluding hydrogens is 220 g/mol.